The van der Waals surface area contributed by atoms with Crippen molar-refractivity contribution in [1.82, 2.24) is 4.98 Å². The monoisotopic (exact) mass is 258 g/mol. The van der Waals surface area contributed by atoms with Crippen LogP contribution in [0.15, 0.2) is 42.5 Å². The van der Waals surface area contributed by atoms with Gasteiger partial charge >= 0.3 is 0 Å². The molecule has 1 atom stereocenters. The van der Waals surface area contributed by atoms with Crippen LogP contribution in [0.2, 0.25) is 0 Å². The van der Waals surface area contributed by atoms with Gasteiger partial charge in [0.2, 0.25) is 5.88 Å². The van der Waals surface area contributed by atoms with Crippen LogP contribution in [0, 0.1) is 0 Å². The van der Waals surface area contributed by atoms with Crippen LogP contribution in [-0.4, -0.2) is 12.1 Å². The predicted molar refractivity (Wildman–Crippen MR) is 74.2 cm³/mol. The number of benzene rings is 1. The number of para-hydroxylation sites is 1. The Morgan fingerprint density at radius 1 is 1.16 bits per heavy atom. The Bertz CT molecular complexity index is 541. The maximum atomic E-state index is 5.91. The molecule has 1 heterocycles. The van der Waals surface area contributed by atoms with E-state index >= 15 is 0 Å². The zero-order valence-corrected chi connectivity index (χ0v) is 11.2. The number of nitrogens with zero attached hydrogens (tertiary/aromatic N) is 1. The number of rotatable bonds is 5. The highest BCUT2D eigenvalue weighted by atomic mass is 16.5. The van der Waals surface area contributed by atoms with Gasteiger partial charge in [0.25, 0.3) is 0 Å². The zero-order chi connectivity index (χ0) is 13.7. The van der Waals surface area contributed by atoms with Crippen LogP contribution < -0.4 is 15.2 Å². The highest BCUT2D eigenvalue weighted by Gasteiger charge is 2.07. The van der Waals surface area contributed by atoms with E-state index in [1.54, 1.807) is 13.2 Å². The van der Waals surface area contributed by atoms with E-state index in [1.807, 2.05) is 43.3 Å². The standard InChI is InChI=1S/C15H18N2O2/c1-11(16)13-7-3-4-8-14(13)19-10-12-6-5-9-15(17-12)18-2/h3-9,11H,10,16H2,1-2H3/t11-/m1/s1. The highest BCUT2D eigenvalue weighted by molar-refractivity contribution is 5.35. The first kappa shape index (κ1) is 13.4. The lowest BCUT2D eigenvalue weighted by atomic mass is 10.1. The maximum Gasteiger partial charge on any atom is 0.213 e. The smallest absolute Gasteiger partial charge is 0.213 e. The number of hydrogen-bond acceptors (Lipinski definition) is 4. The Balaban J connectivity index is 2.10. The average Bonchev–Trinajstić information content (AvgIpc) is 2.45. The molecule has 0 aliphatic rings. The third-order valence-corrected chi connectivity index (χ3v) is 2.78. The Hall–Kier alpha value is -2.07. The summed E-state index contributed by atoms with van der Waals surface area (Å²) in [6.07, 6.45) is 0. The van der Waals surface area contributed by atoms with E-state index in [-0.39, 0.29) is 6.04 Å². The van der Waals surface area contributed by atoms with E-state index in [1.165, 1.54) is 0 Å². The number of pyridine rings is 1. The number of hydrogen-bond donors (Lipinski definition) is 1. The van der Waals surface area contributed by atoms with Crippen LogP contribution in [0.25, 0.3) is 0 Å². The maximum absolute atomic E-state index is 5.91. The molecule has 0 saturated carbocycles. The summed E-state index contributed by atoms with van der Waals surface area (Å²) in [6.45, 7) is 2.33. The SMILES string of the molecule is COc1cccc(COc2ccccc2[C@@H](C)N)n1. The second-order valence-corrected chi connectivity index (χ2v) is 4.29. The Kier molecular flexibility index (Phi) is 4.36. The molecule has 0 radical (unpaired) electrons. The van der Waals surface area contributed by atoms with Gasteiger partial charge in [0.15, 0.2) is 0 Å². The van der Waals surface area contributed by atoms with Crippen molar-refractivity contribution >= 4 is 0 Å². The minimum absolute atomic E-state index is 0.0607. The number of nitrogens with two attached hydrogens (primary N) is 1. The summed E-state index contributed by atoms with van der Waals surface area (Å²) < 4.78 is 10.9. The van der Waals surface area contributed by atoms with Gasteiger partial charge in [-0.25, -0.2) is 4.98 Å². The van der Waals surface area contributed by atoms with Crippen molar-refractivity contribution in [3.63, 3.8) is 0 Å². The third kappa shape index (κ3) is 3.45. The van der Waals surface area contributed by atoms with Gasteiger partial charge < -0.3 is 15.2 Å². The molecule has 19 heavy (non-hydrogen) atoms. The molecule has 100 valence electrons. The second kappa shape index (κ2) is 6.20. The molecule has 1 aromatic carbocycles. The molecule has 1 aromatic heterocycles. The molecule has 0 aliphatic carbocycles. The predicted octanol–water partition coefficient (Wildman–Crippen LogP) is 2.69. The molecule has 4 nitrogen and oxygen atoms in total. The first-order chi connectivity index (χ1) is 9.20. The van der Waals surface area contributed by atoms with Gasteiger partial charge in [-0.2, -0.15) is 0 Å². The molecule has 0 unspecified atom stereocenters. The van der Waals surface area contributed by atoms with E-state index in [9.17, 15) is 0 Å². The minimum Gasteiger partial charge on any atom is -0.487 e. The Morgan fingerprint density at radius 3 is 2.68 bits per heavy atom. The lowest BCUT2D eigenvalue weighted by Gasteiger charge is -2.13. The van der Waals surface area contributed by atoms with Crippen LogP contribution in [0.1, 0.15) is 24.2 Å². The van der Waals surface area contributed by atoms with E-state index in [4.69, 9.17) is 15.2 Å². The lowest BCUT2D eigenvalue weighted by Crippen LogP contribution is -2.08. The molecule has 4 heteroatoms. The van der Waals surface area contributed by atoms with Crippen molar-refractivity contribution in [3.8, 4) is 11.6 Å². The summed E-state index contributed by atoms with van der Waals surface area (Å²) in [7, 11) is 1.60. The summed E-state index contributed by atoms with van der Waals surface area (Å²) in [5.41, 5.74) is 7.72. The summed E-state index contributed by atoms with van der Waals surface area (Å²) in [5.74, 6) is 1.38. The van der Waals surface area contributed by atoms with Gasteiger partial charge in [-0.3, -0.25) is 0 Å². The van der Waals surface area contributed by atoms with Gasteiger partial charge in [-0.15, -0.1) is 0 Å². The molecule has 0 aliphatic heterocycles. The molecule has 0 spiro atoms. The molecule has 2 aromatic rings. The van der Waals surface area contributed by atoms with E-state index < -0.39 is 0 Å². The largest absolute Gasteiger partial charge is 0.487 e. The topological polar surface area (TPSA) is 57.4 Å². The first-order valence-corrected chi connectivity index (χ1v) is 6.18. The van der Waals surface area contributed by atoms with E-state index in [0.29, 0.717) is 12.5 Å². The molecule has 2 rings (SSSR count). The molecule has 0 bridgehead atoms. The number of methoxy groups -OCH3 is 1. The van der Waals surface area contributed by atoms with Crippen molar-refractivity contribution in [2.24, 2.45) is 5.73 Å². The van der Waals surface area contributed by atoms with Crippen molar-refractivity contribution in [1.29, 1.82) is 0 Å². The minimum atomic E-state index is -0.0607. The normalized spacial score (nSPS) is 11.9. The molecular formula is C15H18N2O2. The summed E-state index contributed by atoms with van der Waals surface area (Å²) in [5, 5.41) is 0. The van der Waals surface area contributed by atoms with Crippen molar-refractivity contribution < 1.29 is 9.47 Å². The average molecular weight is 258 g/mol. The lowest BCUT2D eigenvalue weighted by molar-refractivity contribution is 0.293. The number of aromatic nitrogens is 1. The van der Waals surface area contributed by atoms with Crippen LogP contribution >= 0.6 is 0 Å². The molecule has 2 N–H and O–H groups in total. The molecule has 0 amide bonds. The van der Waals surface area contributed by atoms with E-state index in [0.717, 1.165) is 17.0 Å². The van der Waals surface area contributed by atoms with Gasteiger partial charge in [0.1, 0.15) is 12.4 Å². The highest BCUT2D eigenvalue weighted by Crippen LogP contribution is 2.24. The Morgan fingerprint density at radius 2 is 1.95 bits per heavy atom. The van der Waals surface area contributed by atoms with Crippen LogP contribution in [-0.2, 0) is 6.61 Å². The number of ether oxygens (including phenoxy) is 2. The van der Waals surface area contributed by atoms with Gasteiger partial charge in [-0.05, 0) is 19.1 Å². The van der Waals surface area contributed by atoms with Gasteiger partial charge in [-0.1, -0.05) is 24.3 Å². The van der Waals surface area contributed by atoms with Crippen LogP contribution in [0.4, 0.5) is 0 Å². The second-order valence-electron chi connectivity index (χ2n) is 4.29. The summed E-state index contributed by atoms with van der Waals surface area (Å²) in [6, 6.07) is 13.3. The van der Waals surface area contributed by atoms with Gasteiger partial charge in [0.05, 0.1) is 12.8 Å². The quantitative estimate of drug-likeness (QED) is 0.895. The molecule has 0 saturated heterocycles. The van der Waals surface area contributed by atoms with Crippen LogP contribution in [0.3, 0.4) is 0 Å². The molecular weight excluding hydrogens is 240 g/mol. The fourth-order valence-corrected chi connectivity index (χ4v) is 1.79. The van der Waals surface area contributed by atoms with Crippen molar-refractivity contribution in [3.05, 3.63) is 53.7 Å². The molecule has 0 fully saturated rings. The fourth-order valence-electron chi connectivity index (χ4n) is 1.79. The summed E-state index contributed by atoms with van der Waals surface area (Å²) in [4.78, 5) is 4.30. The summed E-state index contributed by atoms with van der Waals surface area (Å²) >= 11 is 0. The third-order valence-electron chi connectivity index (χ3n) is 2.78. The van der Waals surface area contributed by atoms with Crippen LogP contribution in [0.5, 0.6) is 11.6 Å². The van der Waals surface area contributed by atoms with Crippen molar-refractivity contribution in [2.75, 3.05) is 7.11 Å². The fraction of sp³-hybridized carbons (Fsp3) is 0.267. The van der Waals surface area contributed by atoms with E-state index in [2.05, 4.69) is 4.98 Å². The first-order valence-electron chi connectivity index (χ1n) is 6.18. The zero-order valence-electron chi connectivity index (χ0n) is 11.2. The van der Waals surface area contributed by atoms with Gasteiger partial charge in [0, 0.05) is 17.7 Å². The Labute approximate surface area is 113 Å². The van der Waals surface area contributed by atoms with Crippen molar-refractivity contribution in [2.45, 2.75) is 19.6 Å².